The van der Waals surface area contributed by atoms with Crippen LogP contribution in [0, 0.1) is 6.92 Å². The molecule has 0 aliphatic carbocycles. The lowest BCUT2D eigenvalue weighted by atomic mass is 10.2. The van der Waals surface area contributed by atoms with Crippen LogP contribution in [-0.2, 0) is 0 Å². The second-order valence-corrected chi connectivity index (χ2v) is 4.89. The highest BCUT2D eigenvalue weighted by atomic mass is 79.9. The van der Waals surface area contributed by atoms with Gasteiger partial charge in [0.25, 0.3) is 0 Å². The molecule has 0 bridgehead atoms. The first-order valence-corrected chi connectivity index (χ1v) is 6.31. The van der Waals surface area contributed by atoms with Gasteiger partial charge in [0.1, 0.15) is 23.1 Å². The van der Waals surface area contributed by atoms with Crippen molar-refractivity contribution in [1.82, 2.24) is 4.98 Å². The molecule has 0 aromatic carbocycles. The summed E-state index contributed by atoms with van der Waals surface area (Å²) in [5.41, 5.74) is 8.59. The lowest BCUT2D eigenvalue weighted by Crippen LogP contribution is -2.09. The Balaban J connectivity index is 2.03. The molecule has 2 N–H and O–H groups in total. The van der Waals surface area contributed by atoms with E-state index in [1.807, 2.05) is 31.2 Å². The van der Waals surface area contributed by atoms with Gasteiger partial charge in [-0.3, -0.25) is 0 Å². The number of nitrogens with two attached hydrogens (primary N) is 1. The maximum atomic E-state index is 6.10. The van der Waals surface area contributed by atoms with E-state index in [0.29, 0.717) is 16.2 Å². The Morgan fingerprint density at radius 2 is 2.00 bits per heavy atom. The van der Waals surface area contributed by atoms with Gasteiger partial charge < -0.3 is 14.6 Å². The Morgan fingerprint density at radius 1 is 1.17 bits per heavy atom. The van der Waals surface area contributed by atoms with Crippen molar-refractivity contribution in [3.05, 3.63) is 52.2 Å². The quantitative estimate of drug-likeness (QED) is 0.786. The van der Waals surface area contributed by atoms with Crippen molar-refractivity contribution in [2.45, 2.75) is 13.0 Å². The second kappa shape index (κ2) is 4.26. The van der Waals surface area contributed by atoms with Crippen LogP contribution in [0.3, 0.4) is 0 Å². The molecular formula is C13H11BrN2O2. The Bertz CT molecular complexity index is 702. The summed E-state index contributed by atoms with van der Waals surface area (Å²) in [6.07, 6.45) is 0. The van der Waals surface area contributed by atoms with E-state index in [2.05, 4.69) is 20.9 Å². The average molecular weight is 307 g/mol. The van der Waals surface area contributed by atoms with Crippen molar-refractivity contribution in [2.24, 2.45) is 5.73 Å². The van der Waals surface area contributed by atoms with Gasteiger partial charge in [0.15, 0.2) is 10.3 Å². The zero-order valence-electron chi connectivity index (χ0n) is 9.68. The van der Waals surface area contributed by atoms with Crippen molar-refractivity contribution in [1.29, 1.82) is 0 Å². The molecule has 0 aliphatic rings. The van der Waals surface area contributed by atoms with Crippen molar-refractivity contribution < 1.29 is 8.83 Å². The SMILES string of the molecule is Cc1ccc2oc(C(N)c3ccc(Br)o3)cc2n1. The van der Waals surface area contributed by atoms with E-state index < -0.39 is 6.04 Å². The minimum Gasteiger partial charge on any atom is -0.457 e. The molecule has 3 aromatic heterocycles. The fraction of sp³-hybridized carbons (Fsp3) is 0.154. The van der Waals surface area contributed by atoms with E-state index >= 15 is 0 Å². The first kappa shape index (κ1) is 11.5. The minimum atomic E-state index is -0.425. The number of hydrogen-bond donors (Lipinski definition) is 1. The molecule has 1 unspecified atom stereocenters. The molecule has 3 heterocycles. The van der Waals surface area contributed by atoms with Crippen LogP contribution in [0.2, 0.25) is 0 Å². The van der Waals surface area contributed by atoms with Crippen molar-refractivity contribution in [3.63, 3.8) is 0 Å². The smallest absolute Gasteiger partial charge is 0.169 e. The van der Waals surface area contributed by atoms with E-state index in [0.717, 1.165) is 16.8 Å². The number of aromatic nitrogens is 1. The molecule has 0 saturated heterocycles. The third-order valence-corrected chi connectivity index (χ3v) is 3.17. The van der Waals surface area contributed by atoms with Gasteiger partial charge in [-0.2, -0.15) is 0 Å². The highest BCUT2D eigenvalue weighted by Crippen LogP contribution is 2.28. The van der Waals surface area contributed by atoms with Gasteiger partial charge >= 0.3 is 0 Å². The van der Waals surface area contributed by atoms with Gasteiger partial charge in [-0.1, -0.05) is 0 Å². The van der Waals surface area contributed by atoms with Gasteiger partial charge in [0.05, 0.1) is 0 Å². The van der Waals surface area contributed by atoms with E-state index in [1.165, 1.54) is 0 Å². The van der Waals surface area contributed by atoms with Crippen LogP contribution in [0.5, 0.6) is 0 Å². The molecule has 18 heavy (non-hydrogen) atoms. The maximum absolute atomic E-state index is 6.10. The Hall–Kier alpha value is -1.59. The minimum absolute atomic E-state index is 0.425. The van der Waals surface area contributed by atoms with Crippen LogP contribution >= 0.6 is 15.9 Å². The normalized spacial score (nSPS) is 13.1. The van der Waals surface area contributed by atoms with E-state index in [4.69, 9.17) is 14.6 Å². The zero-order valence-corrected chi connectivity index (χ0v) is 11.3. The third-order valence-electron chi connectivity index (χ3n) is 2.74. The van der Waals surface area contributed by atoms with Crippen LogP contribution in [0.25, 0.3) is 11.1 Å². The molecule has 4 nitrogen and oxygen atoms in total. The van der Waals surface area contributed by atoms with E-state index in [9.17, 15) is 0 Å². The monoisotopic (exact) mass is 306 g/mol. The average Bonchev–Trinajstić information content (AvgIpc) is 2.93. The first-order valence-electron chi connectivity index (χ1n) is 5.51. The first-order chi connectivity index (χ1) is 8.63. The van der Waals surface area contributed by atoms with Gasteiger partial charge in [-0.05, 0) is 47.1 Å². The van der Waals surface area contributed by atoms with Crippen LogP contribution in [-0.4, -0.2) is 4.98 Å². The molecule has 3 aromatic rings. The number of furan rings is 2. The second-order valence-electron chi connectivity index (χ2n) is 4.10. The molecule has 0 aliphatic heterocycles. The highest BCUT2D eigenvalue weighted by Gasteiger charge is 2.18. The number of nitrogens with zero attached hydrogens (tertiary/aromatic N) is 1. The molecule has 0 saturated carbocycles. The number of aryl methyl sites for hydroxylation is 1. The maximum Gasteiger partial charge on any atom is 0.169 e. The van der Waals surface area contributed by atoms with Crippen LogP contribution in [0.4, 0.5) is 0 Å². The summed E-state index contributed by atoms with van der Waals surface area (Å²) < 4.78 is 11.8. The van der Waals surface area contributed by atoms with Gasteiger partial charge in [0.2, 0.25) is 0 Å². The number of halogens is 1. The predicted octanol–water partition coefficient (Wildman–Crippen LogP) is 3.54. The molecule has 0 spiro atoms. The number of rotatable bonds is 2. The van der Waals surface area contributed by atoms with E-state index in [1.54, 1.807) is 6.07 Å². The molecule has 92 valence electrons. The standard InChI is InChI=1S/C13H11BrN2O2/c1-7-2-3-9-8(16-7)6-11(17-9)13(15)10-4-5-12(14)18-10/h2-6,13H,15H2,1H3. The lowest BCUT2D eigenvalue weighted by molar-refractivity contribution is 0.433. The topological polar surface area (TPSA) is 65.2 Å². The molecule has 5 heteroatoms. The summed E-state index contributed by atoms with van der Waals surface area (Å²) in [7, 11) is 0. The van der Waals surface area contributed by atoms with Gasteiger partial charge in [-0.15, -0.1) is 0 Å². The van der Waals surface area contributed by atoms with E-state index in [-0.39, 0.29) is 0 Å². The molecule has 0 radical (unpaired) electrons. The Kier molecular flexibility index (Phi) is 2.72. The van der Waals surface area contributed by atoms with Crippen LogP contribution in [0.15, 0.2) is 43.8 Å². The summed E-state index contributed by atoms with van der Waals surface area (Å²) in [4.78, 5) is 4.39. The number of fused-ring (bicyclic) bond motifs is 1. The number of hydrogen-bond acceptors (Lipinski definition) is 4. The highest BCUT2D eigenvalue weighted by molar-refractivity contribution is 9.10. The molecule has 0 amide bonds. The fourth-order valence-electron chi connectivity index (χ4n) is 1.83. The van der Waals surface area contributed by atoms with Crippen LogP contribution < -0.4 is 5.73 Å². The molecule has 1 atom stereocenters. The van der Waals surface area contributed by atoms with Crippen molar-refractivity contribution in [2.75, 3.05) is 0 Å². The predicted molar refractivity (Wildman–Crippen MR) is 71.2 cm³/mol. The molecular weight excluding hydrogens is 296 g/mol. The zero-order chi connectivity index (χ0) is 12.7. The van der Waals surface area contributed by atoms with Crippen molar-refractivity contribution in [3.8, 4) is 0 Å². The fourth-order valence-corrected chi connectivity index (χ4v) is 2.15. The summed E-state index contributed by atoms with van der Waals surface area (Å²) in [6, 6.07) is 8.85. The van der Waals surface area contributed by atoms with Crippen molar-refractivity contribution >= 4 is 27.0 Å². The van der Waals surface area contributed by atoms with Gasteiger partial charge in [0, 0.05) is 11.8 Å². The summed E-state index contributed by atoms with van der Waals surface area (Å²) >= 11 is 3.25. The largest absolute Gasteiger partial charge is 0.457 e. The third kappa shape index (κ3) is 1.95. The summed E-state index contributed by atoms with van der Waals surface area (Å²) in [5, 5.41) is 0. The Morgan fingerprint density at radius 3 is 2.72 bits per heavy atom. The molecule has 3 rings (SSSR count). The Labute approximate surface area is 112 Å². The van der Waals surface area contributed by atoms with Crippen LogP contribution in [0.1, 0.15) is 23.3 Å². The van der Waals surface area contributed by atoms with Gasteiger partial charge in [-0.25, -0.2) is 4.98 Å². The molecule has 0 fully saturated rings. The lowest BCUT2D eigenvalue weighted by Gasteiger charge is -2.03. The number of pyridine rings is 1. The summed E-state index contributed by atoms with van der Waals surface area (Å²) in [5.74, 6) is 1.29. The summed E-state index contributed by atoms with van der Waals surface area (Å²) in [6.45, 7) is 1.94.